The summed E-state index contributed by atoms with van der Waals surface area (Å²) in [5, 5.41) is 8.85. The molecule has 0 spiro atoms. The third kappa shape index (κ3) is 2.87. The number of pyridine rings is 1. The number of ether oxygens (including phenoxy) is 1. The first kappa shape index (κ1) is 10.8. The van der Waals surface area contributed by atoms with Gasteiger partial charge in [0.15, 0.2) is 0 Å². The number of hydrogen-bond acceptors (Lipinski definition) is 4. The summed E-state index contributed by atoms with van der Waals surface area (Å²) >= 11 is 5.65. The van der Waals surface area contributed by atoms with E-state index in [9.17, 15) is 0 Å². The van der Waals surface area contributed by atoms with E-state index in [1.807, 2.05) is 13.0 Å². The second-order valence-corrected chi connectivity index (χ2v) is 3.27. The Labute approximate surface area is 87.3 Å². The quantitative estimate of drug-likeness (QED) is 0.766. The Bertz CT molecular complexity index is 360. The molecule has 0 aromatic carbocycles. The highest BCUT2D eigenvalue weighted by Gasteiger charge is 2.03. The van der Waals surface area contributed by atoms with Crippen LogP contribution in [0.15, 0.2) is 12.3 Å². The van der Waals surface area contributed by atoms with Gasteiger partial charge < -0.3 is 10.5 Å². The number of nitrogens with two attached hydrogens (primary N) is 1. The van der Waals surface area contributed by atoms with Crippen LogP contribution < -0.4 is 10.5 Å². The van der Waals surface area contributed by atoms with Crippen molar-refractivity contribution in [3.05, 3.63) is 23.0 Å². The Morgan fingerprint density at radius 1 is 1.79 bits per heavy atom. The Balaban J connectivity index is 2.76. The maximum Gasteiger partial charge on any atom is 0.147 e. The average molecular weight is 212 g/mol. The molecule has 2 N–H and O–H groups in total. The molecule has 1 atom stereocenters. The molecule has 1 rings (SSSR count). The smallest absolute Gasteiger partial charge is 0.147 e. The van der Waals surface area contributed by atoms with Gasteiger partial charge in [0, 0.05) is 12.1 Å². The van der Waals surface area contributed by atoms with E-state index < -0.39 is 0 Å². The Kier molecular flexibility index (Phi) is 3.69. The summed E-state index contributed by atoms with van der Waals surface area (Å²) in [7, 11) is 0. The lowest BCUT2D eigenvalue weighted by Crippen LogP contribution is -2.23. The van der Waals surface area contributed by atoms with Gasteiger partial charge in [-0.25, -0.2) is 4.98 Å². The van der Waals surface area contributed by atoms with Gasteiger partial charge in [-0.15, -0.1) is 0 Å². The van der Waals surface area contributed by atoms with Crippen LogP contribution in [0.4, 0.5) is 0 Å². The second-order valence-electron chi connectivity index (χ2n) is 2.91. The standard InChI is InChI=1S/C9H10ClN3O/c1-6(12)5-14-8-2-7(3-11)9(10)13-4-8/h2,4,6H,5,12H2,1H3/t6-/m0/s1. The van der Waals surface area contributed by atoms with Gasteiger partial charge in [0.25, 0.3) is 0 Å². The molecule has 0 aliphatic rings. The monoisotopic (exact) mass is 211 g/mol. The van der Waals surface area contributed by atoms with E-state index in [1.165, 1.54) is 12.3 Å². The Morgan fingerprint density at radius 3 is 3.07 bits per heavy atom. The van der Waals surface area contributed by atoms with Crippen molar-refractivity contribution in [2.45, 2.75) is 13.0 Å². The van der Waals surface area contributed by atoms with E-state index >= 15 is 0 Å². The number of nitriles is 1. The van der Waals surface area contributed by atoms with Crippen LogP contribution in [0, 0.1) is 11.3 Å². The summed E-state index contributed by atoms with van der Waals surface area (Å²) < 4.78 is 5.27. The zero-order chi connectivity index (χ0) is 10.6. The van der Waals surface area contributed by atoms with Gasteiger partial charge in [-0.3, -0.25) is 0 Å². The van der Waals surface area contributed by atoms with Gasteiger partial charge in [-0.1, -0.05) is 11.6 Å². The minimum absolute atomic E-state index is 0.0591. The molecule has 0 aliphatic heterocycles. The first-order valence-electron chi connectivity index (χ1n) is 4.07. The van der Waals surface area contributed by atoms with Crippen molar-refractivity contribution in [3.8, 4) is 11.8 Å². The fourth-order valence-electron chi connectivity index (χ4n) is 0.814. The van der Waals surface area contributed by atoms with Gasteiger partial charge >= 0.3 is 0 Å². The number of nitrogens with zero attached hydrogens (tertiary/aromatic N) is 2. The normalized spacial score (nSPS) is 11.9. The molecule has 14 heavy (non-hydrogen) atoms. The van der Waals surface area contributed by atoms with Crippen molar-refractivity contribution in [2.24, 2.45) is 5.73 Å². The van der Waals surface area contributed by atoms with E-state index in [-0.39, 0.29) is 11.2 Å². The van der Waals surface area contributed by atoms with Crippen LogP contribution in [0.25, 0.3) is 0 Å². The molecule has 1 aromatic heterocycles. The van der Waals surface area contributed by atoms with Crippen LogP contribution in [0.1, 0.15) is 12.5 Å². The Morgan fingerprint density at radius 2 is 2.50 bits per heavy atom. The highest BCUT2D eigenvalue weighted by atomic mass is 35.5. The minimum Gasteiger partial charge on any atom is -0.490 e. The summed E-state index contributed by atoms with van der Waals surface area (Å²) in [6.45, 7) is 2.21. The van der Waals surface area contributed by atoms with Crippen LogP contribution in [0.3, 0.4) is 0 Å². The molecule has 74 valence electrons. The van der Waals surface area contributed by atoms with Crippen molar-refractivity contribution in [1.82, 2.24) is 4.98 Å². The molecular weight excluding hydrogens is 202 g/mol. The SMILES string of the molecule is C[C@H](N)COc1cnc(Cl)c(C#N)c1. The summed E-state index contributed by atoms with van der Waals surface area (Å²) in [6.07, 6.45) is 1.46. The molecule has 1 heterocycles. The number of hydrogen-bond donors (Lipinski definition) is 1. The predicted octanol–water partition coefficient (Wildman–Crippen LogP) is 1.33. The molecule has 0 saturated heterocycles. The lowest BCUT2D eigenvalue weighted by molar-refractivity contribution is 0.295. The number of halogens is 1. The van der Waals surface area contributed by atoms with Gasteiger partial charge in [-0.05, 0) is 6.92 Å². The van der Waals surface area contributed by atoms with Crippen LogP contribution in [0.2, 0.25) is 5.15 Å². The van der Waals surface area contributed by atoms with Gasteiger partial charge in [0.1, 0.15) is 23.6 Å². The van der Waals surface area contributed by atoms with E-state index in [2.05, 4.69) is 4.98 Å². The third-order valence-corrected chi connectivity index (χ3v) is 1.75. The molecule has 0 saturated carbocycles. The van der Waals surface area contributed by atoms with E-state index in [1.54, 1.807) is 0 Å². The number of aromatic nitrogens is 1. The topological polar surface area (TPSA) is 71.9 Å². The van der Waals surface area contributed by atoms with Crippen molar-refractivity contribution >= 4 is 11.6 Å². The molecule has 0 radical (unpaired) electrons. The number of rotatable bonds is 3. The highest BCUT2D eigenvalue weighted by Crippen LogP contribution is 2.17. The van der Waals surface area contributed by atoms with Crippen LogP contribution in [-0.2, 0) is 0 Å². The minimum atomic E-state index is -0.0591. The molecule has 0 aliphatic carbocycles. The summed E-state index contributed by atoms with van der Waals surface area (Å²) in [6, 6.07) is 3.40. The van der Waals surface area contributed by atoms with E-state index in [0.29, 0.717) is 17.9 Å². The molecule has 0 bridgehead atoms. The largest absolute Gasteiger partial charge is 0.490 e. The maximum atomic E-state index is 8.67. The maximum absolute atomic E-state index is 8.67. The molecule has 5 heteroatoms. The van der Waals surface area contributed by atoms with Gasteiger partial charge in [-0.2, -0.15) is 5.26 Å². The molecule has 4 nitrogen and oxygen atoms in total. The lowest BCUT2D eigenvalue weighted by atomic mass is 10.3. The summed E-state index contributed by atoms with van der Waals surface area (Å²) in [5.74, 6) is 0.503. The molecule has 1 aromatic rings. The third-order valence-electron chi connectivity index (χ3n) is 1.45. The predicted molar refractivity (Wildman–Crippen MR) is 53.1 cm³/mol. The fourth-order valence-corrected chi connectivity index (χ4v) is 0.960. The van der Waals surface area contributed by atoms with Crippen molar-refractivity contribution < 1.29 is 4.74 Å². The van der Waals surface area contributed by atoms with Crippen LogP contribution in [-0.4, -0.2) is 17.6 Å². The molecule has 0 fully saturated rings. The lowest BCUT2D eigenvalue weighted by Gasteiger charge is -2.08. The fraction of sp³-hybridized carbons (Fsp3) is 0.333. The zero-order valence-electron chi connectivity index (χ0n) is 7.70. The van der Waals surface area contributed by atoms with Crippen molar-refractivity contribution in [2.75, 3.05) is 6.61 Å². The zero-order valence-corrected chi connectivity index (χ0v) is 8.45. The van der Waals surface area contributed by atoms with E-state index in [0.717, 1.165) is 0 Å². The van der Waals surface area contributed by atoms with Gasteiger partial charge in [0.05, 0.1) is 11.8 Å². The summed E-state index contributed by atoms with van der Waals surface area (Å²) in [5.41, 5.74) is 5.80. The molecule has 0 amide bonds. The average Bonchev–Trinajstić information content (AvgIpc) is 2.16. The second kappa shape index (κ2) is 4.80. The van der Waals surface area contributed by atoms with Crippen LogP contribution >= 0.6 is 11.6 Å². The van der Waals surface area contributed by atoms with Crippen molar-refractivity contribution in [1.29, 1.82) is 5.26 Å². The van der Waals surface area contributed by atoms with Crippen LogP contribution in [0.5, 0.6) is 5.75 Å². The van der Waals surface area contributed by atoms with E-state index in [4.69, 9.17) is 27.3 Å². The first-order valence-corrected chi connectivity index (χ1v) is 4.45. The highest BCUT2D eigenvalue weighted by molar-refractivity contribution is 6.30. The summed E-state index contributed by atoms with van der Waals surface area (Å²) in [4.78, 5) is 3.80. The van der Waals surface area contributed by atoms with Gasteiger partial charge in [0.2, 0.25) is 0 Å². The van der Waals surface area contributed by atoms with Crippen molar-refractivity contribution in [3.63, 3.8) is 0 Å². The first-order chi connectivity index (χ1) is 6.63. The molecule has 0 unspecified atom stereocenters. The molecular formula is C9H10ClN3O. The Hall–Kier alpha value is -1.31.